The lowest BCUT2D eigenvalue weighted by molar-refractivity contribution is -0.138. The molecule has 1 aliphatic carbocycles. The highest BCUT2D eigenvalue weighted by molar-refractivity contribution is 5.79. The average molecular weight is 252 g/mol. The maximum absolute atomic E-state index is 12.5. The molecule has 0 bridgehead atoms. The standard InChI is InChI=1S/C15H28N2O/c1-11(2)12-6-8-17(9-7-12)15(18)14-5-3-4-13(14)10-16/h11-14H,3-10,16H2,1-2H3/t13-,14-/m1/s1. The molecule has 18 heavy (non-hydrogen) atoms. The molecule has 3 nitrogen and oxygen atoms in total. The molecule has 1 amide bonds. The van der Waals surface area contributed by atoms with Crippen LogP contribution in [0.15, 0.2) is 0 Å². The fraction of sp³-hybridized carbons (Fsp3) is 0.933. The summed E-state index contributed by atoms with van der Waals surface area (Å²) >= 11 is 0. The van der Waals surface area contributed by atoms with Gasteiger partial charge in [-0.15, -0.1) is 0 Å². The maximum atomic E-state index is 12.5. The van der Waals surface area contributed by atoms with E-state index in [9.17, 15) is 4.79 Å². The van der Waals surface area contributed by atoms with Crippen molar-refractivity contribution in [2.75, 3.05) is 19.6 Å². The van der Waals surface area contributed by atoms with E-state index in [1.54, 1.807) is 0 Å². The van der Waals surface area contributed by atoms with Gasteiger partial charge in [0, 0.05) is 19.0 Å². The van der Waals surface area contributed by atoms with E-state index in [1.807, 2.05) is 0 Å². The van der Waals surface area contributed by atoms with Crippen LogP contribution in [0.3, 0.4) is 0 Å². The van der Waals surface area contributed by atoms with Crippen LogP contribution in [0, 0.1) is 23.7 Å². The summed E-state index contributed by atoms with van der Waals surface area (Å²) in [6.07, 6.45) is 5.76. The van der Waals surface area contributed by atoms with Crippen molar-refractivity contribution < 1.29 is 4.79 Å². The van der Waals surface area contributed by atoms with Crippen molar-refractivity contribution in [2.45, 2.75) is 46.0 Å². The Morgan fingerprint density at radius 2 is 1.89 bits per heavy atom. The Hall–Kier alpha value is -0.570. The molecule has 0 unspecified atom stereocenters. The van der Waals surface area contributed by atoms with E-state index >= 15 is 0 Å². The molecule has 2 fully saturated rings. The molecule has 1 saturated heterocycles. The molecule has 1 saturated carbocycles. The van der Waals surface area contributed by atoms with E-state index in [-0.39, 0.29) is 5.92 Å². The van der Waals surface area contributed by atoms with Gasteiger partial charge in [-0.25, -0.2) is 0 Å². The summed E-state index contributed by atoms with van der Waals surface area (Å²) in [4.78, 5) is 14.6. The number of hydrogen-bond donors (Lipinski definition) is 1. The first kappa shape index (κ1) is 13.9. The summed E-state index contributed by atoms with van der Waals surface area (Å²) in [6, 6.07) is 0. The Morgan fingerprint density at radius 3 is 2.44 bits per heavy atom. The van der Waals surface area contributed by atoms with Gasteiger partial charge >= 0.3 is 0 Å². The first-order valence-electron chi connectivity index (χ1n) is 7.62. The third-order valence-electron chi connectivity index (χ3n) is 5.07. The SMILES string of the molecule is CC(C)C1CCN(C(=O)[C@@H]2CCC[C@@H]2CN)CC1. The molecule has 0 aromatic rings. The van der Waals surface area contributed by atoms with Crippen LogP contribution in [0.4, 0.5) is 0 Å². The van der Waals surface area contributed by atoms with Gasteiger partial charge in [-0.1, -0.05) is 20.3 Å². The van der Waals surface area contributed by atoms with E-state index < -0.39 is 0 Å². The van der Waals surface area contributed by atoms with Crippen molar-refractivity contribution in [2.24, 2.45) is 29.4 Å². The van der Waals surface area contributed by atoms with Gasteiger partial charge in [-0.05, 0) is 50.0 Å². The van der Waals surface area contributed by atoms with Crippen LogP contribution in [-0.4, -0.2) is 30.4 Å². The molecule has 2 N–H and O–H groups in total. The Bertz CT molecular complexity index is 282. The van der Waals surface area contributed by atoms with Crippen molar-refractivity contribution in [3.05, 3.63) is 0 Å². The summed E-state index contributed by atoms with van der Waals surface area (Å²) in [5.74, 6) is 2.63. The van der Waals surface area contributed by atoms with Gasteiger partial charge in [0.25, 0.3) is 0 Å². The Kier molecular flexibility index (Phi) is 4.66. The first-order valence-corrected chi connectivity index (χ1v) is 7.62. The summed E-state index contributed by atoms with van der Waals surface area (Å²) in [5, 5.41) is 0. The number of nitrogens with two attached hydrogens (primary N) is 1. The number of carbonyl (C=O) groups excluding carboxylic acids is 1. The summed E-state index contributed by atoms with van der Waals surface area (Å²) in [5.41, 5.74) is 5.78. The van der Waals surface area contributed by atoms with Gasteiger partial charge in [-0.2, -0.15) is 0 Å². The van der Waals surface area contributed by atoms with Crippen LogP contribution in [0.5, 0.6) is 0 Å². The molecule has 0 aromatic carbocycles. The molecule has 0 aromatic heterocycles. The normalized spacial score (nSPS) is 30.1. The van der Waals surface area contributed by atoms with E-state index in [2.05, 4.69) is 18.7 Å². The predicted octanol–water partition coefficient (Wildman–Crippen LogP) is 2.26. The minimum Gasteiger partial charge on any atom is -0.342 e. The highest BCUT2D eigenvalue weighted by Crippen LogP contribution is 2.34. The maximum Gasteiger partial charge on any atom is 0.226 e. The molecule has 1 heterocycles. The second kappa shape index (κ2) is 6.05. The zero-order valence-corrected chi connectivity index (χ0v) is 11.9. The molecule has 2 aliphatic rings. The molecule has 104 valence electrons. The van der Waals surface area contributed by atoms with Crippen molar-refractivity contribution in [3.8, 4) is 0 Å². The van der Waals surface area contributed by atoms with Gasteiger partial charge in [0.15, 0.2) is 0 Å². The van der Waals surface area contributed by atoms with Crippen LogP contribution >= 0.6 is 0 Å². The fourth-order valence-electron chi connectivity index (χ4n) is 3.67. The van der Waals surface area contributed by atoms with Gasteiger partial charge in [0.2, 0.25) is 5.91 Å². The Balaban J connectivity index is 1.87. The van der Waals surface area contributed by atoms with Gasteiger partial charge in [0.05, 0.1) is 0 Å². The molecule has 3 heteroatoms. The lowest BCUT2D eigenvalue weighted by atomic mass is 9.86. The van der Waals surface area contributed by atoms with Crippen molar-refractivity contribution in [1.82, 2.24) is 4.90 Å². The van der Waals surface area contributed by atoms with E-state index in [0.717, 1.165) is 37.8 Å². The Labute approximate surface area is 111 Å². The van der Waals surface area contributed by atoms with Crippen molar-refractivity contribution in [3.63, 3.8) is 0 Å². The second-order valence-electron chi connectivity index (χ2n) is 6.44. The third kappa shape index (κ3) is 2.87. The zero-order chi connectivity index (χ0) is 13.1. The highest BCUT2D eigenvalue weighted by Gasteiger charge is 2.36. The molecule has 0 radical (unpaired) electrons. The Morgan fingerprint density at radius 1 is 1.22 bits per heavy atom. The lowest BCUT2D eigenvalue weighted by Crippen LogP contribution is -2.44. The van der Waals surface area contributed by atoms with Gasteiger partial charge in [-0.3, -0.25) is 4.79 Å². The number of hydrogen-bond acceptors (Lipinski definition) is 2. The summed E-state index contributed by atoms with van der Waals surface area (Å²) < 4.78 is 0. The number of rotatable bonds is 3. The second-order valence-corrected chi connectivity index (χ2v) is 6.44. The summed E-state index contributed by atoms with van der Waals surface area (Å²) in [6.45, 7) is 7.21. The van der Waals surface area contributed by atoms with Crippen LogP contribution in [0.2, 0.25) is 0 Å². The first-order chi connectivity index (χ1) is 8.63. The number of nitrogens with zero attached hydrogens (tertiary/aromatic N) is 1. The van der Waals surface area contributed by atoms with E-state index in [1.165, 1.54) is 19.3 Å². The van der Waals surface area contributed by atoms with Crippen LogP contribution in [0.25, 0.3) is 0 Å². The minimum atomic E-state index is 0.227. The van der Waals surface area contributed by atoms with E-state index in [0.29, 0.717) is 18.4 Å². The van der Waals surface area contributed by atoms with Gasteiger partial charge < -0.3 is 10.6 Å². The minimum absolute atomic E-state index is 0.227. The smallest absolute Gasteiger partial charge is 0.226 e. The third-order valence-corrected chi connectivity index (χ3v) is 5.07. The highest BCUT2D eigenvalue weighted by atomic mass is 16.2. The molecular formula is C15H28N2O. The number of likely N-dealkylation sites (tertiary alicyclic amines) is 1. The quantitative estimate of drug-likeness (QED) is 0.837. The molecule has 2 rings (SSSR count). The van der Waals surface area contributed by atoms with Crippen LogP contribution < -0.4 is 5.73 Å². The monoisotopic (exact) mass is 252 g/mol. The van der Waals surface area contributed by atoms with Gasteiger partial charge in [0.1, 0.15) is 0 Å². The predicted molar refractivity (Wildman–Crippen MR) is 74.0 cm³/mol. The zero-order valence-electron chi connectivity index (χ0n) is 11.9. The lowest BCUT2D eigenvalue weighted by Gasteiger charge is -2.36. The largest absolute Gasteiger partial charge is 0.342 e. The molecule has 2 atom stereocenters. The van der Waals surface area contributed by atoms with Crippen molar-refractivity contribution >= 4 is 5.91 Å². The molecular weight excluding hydrogens is 224 g/mol. The fourth-order valence-corrected chi connectivity index (χ4v) is 3.67. The topological polar surface area (TPSA) is 46.3 Å². The van der Waals surface area contributed by atoms with Crippen molar-refractivity contribution in [1.29, 1.82) is 0 Å². The van der Waals surface area contributed by atoms with Crippen LogP contribution in [0.1, 0.15) is 46.0 Å². The summed E-state index contributed by atoms with van der Waals surface area (Å²) in [7, 11) is 0. The molecule has 1 aliphatic heterocycles. The number of carbonyl (C=O) groups is 1. The number of amides is 1. The number of piperidine rings is 1. The average Bonchev–Trinajstić information content (AvgIpc) is 2.86. The van der Waals surface area contributed by atoms with E-state index in [4.69, 9.17) is 5.73 Å². The van der Waals surface area contributed by atoms with Crippen LogP contribution in [-0.2, 0) is 4.79 Å². The molecule has 0 spiro atoms.